The molecule has 0 aromatic heterocycles. The fourth-order valence-electron chi connectivity index (χ4n) is 3.66. The van der Waals surface area contributed by atoms with Crippen molar-refractivity contribution < 1.29 is 4.74 Å². The summed E-state index contributed by atoms with van der Waals surface area (Å²) in [7, 11) is 0. The Balaban J connectivity index is 1.84. The summed E-state index contributed by atoms with van der Waals surface area (Å²) in [5.41, 5.74) is 13.6. The maximum atomic E-state index is 5.94. The Bertz CT molecular complexity index is 548. The number of benzene rings is 1. The lowest BCUT2D eigenvalue weighted by molar-refractivity contribution is 0.300. The highest BCUT2D eigenvalue weighted by atomic mass is 32.1. The van der Waals surface area contributed by atoms with E-state index in [0.717, 1.165) is 12.0 Å². The molecule has 0 spiro atoms. The molecule has 1 rings (SSSR count). The van der Waals surface area contributed by atoms with Crippen LogP contribution in [0.1, 0.15) is 115 Å². The van der Waals surface area contributed by atoms with Crippen LogP contribution in [0.15, 0.2) is 18.2 Å². The average molecular weight is 421 g/mol. The third kappa shape index (κ3) is 13.5. The molecular formula is C25H44N2OS. The zero-order valence-electron chi connectivity index (χ0n) is 18.7. The first-order valence-electron chi connectivity index (χ1n) is 12.0. The second-order valence-corrected chi connectivity index (χ2v) is 8.66. The number of anilines is 2. The second-order valence-electron chi connectivity index (χ2n) is 8.29. The molecule has 29 heavy (non-hydrogen) atoms. The van der Waals surface area contributed by atoms with Crippen LogP contribution < -0.4 is 11.5 Å². The molecule has 3 nitrogen and oxygen atoms in total. The van der Waals surface area contributed by atoms with Crippen LogP contribution in [0.2, 0.25) is 0 Å². The lowest BCUT2D eigenvalue weighted by atomic mass is 10.0. The molecule has 0 atom stereocenters. The summed E-state index contributed by atoms with van der Waals surface area (Å²) in [4.78, 5) is 0. The van der Waals surface area contributed by atoms with E-state index in [-0.39, 0.29) is 0 Å². The van der Waals surface area contributed by atoms with Crippen LogP contribution >= 0.6 is 12.2 Å². The number of nitrogen functional groups attached to an aromatic ring is 2. The van der Waals surface area contributed by atoms with Crippen molar-refractivity contribution in [3.8, 4) is 0 Å². The first-order valence-corrected chi connectivity index (χ1v) is 12.4. The van der Waals surface area contributed by atoms with Gasteiger partial charge >= 0.3 is 0 Å². The van der Waals surface area contributed by atoms with Crippen LogP contribution in [0.5, 0.6) is 0 Å². The van der Waals surface area contributed by atoms with Gasteiger partial charge in [0.1, 0.15) is 0 Å². The van der Waals surface area contributed by atoms with Crippen molar-refractivity contribution in [3.63, 3.8) is 0 Å². The number of unbranched alkanes of at least 4 members (excludes halogenated alkanes) is 15. The van der Waals surface area contributed by atoms with Gasteiger partial charge in [0.25, 0.3) is 0 Å². The summed E-state index contributed by atoms with van der Waals surface area (Å²) in [5.74, 6) is 0. The molecular weight excluding hydrogens is 376 g/mol. The summed E-state index contributed by atoms with van der Waals surface area (Å²) in [6.07, 6.45) is 21.9. The van der Waals surface area contributed by atoms with Crippen LogP contribution in [0.3, 0.4) is 0 Å². The third-order valence-corrected chi connectivity index (χ3v) is 5.86. The maximum absolute atomic E-state index is 5.94. The van der Waals surface area contributed by atoms with Gasteiger partial charge in [-0.05, 0) is 36.8 Å². The van der Waals surface area contributed by atoms with E-state index in [9.17, 15) is 0 Å². The highest BCUT2D eigenvalue weighted by molar-refractivity contribution is 7.80. The molecule has 0 aliphatic rings. The van der Waals surface area contributed by atoms with Crippen molar-refractivity contribution in [2.75, 3.05) is 18.1 Å². The predicted molar refractivity (Wildman–Crippen MR) is 132 cm³/mol. The van der Waals surface area contributed by atoms with E-state index < -0.39 is 0 Å². The van der Waals surface area contributed by atoms with Crippen LogP contribution in [0, 0.1) is 0 Å². The third-order valence-electron chi connectivity index (χ3n) is 5.53. The number of rotatable bonds is 18. The summed E-state index contributed by atoms with van der Waals surface area (Å²) >= 11 is 5.32. The maximum Gasteiger partial charge on any atom is 0.193 e. The Kier molecular flexibility index (Phi) is 15.6. The molecule has 166 valence electrons. The molecule has 0 saturated heterocycles. The van der Waals surface area contributed by atoms with Crippen molar-refractivity contribution in [3.05, 3.63) is 23.8 Å². The van der Waals surface area contributed by atoms with Gasteiger partial charge in [0.15, 0.2) is 5.05 Å². The molecule has 0 heterocycles. The standard InChI is InChI=1S/C25H44N2OS/c1-2-3-4-5-6-7-8-9-10-11-12-13-14-15-16-17-20-28-25(29)23-19-18-22(26)21-24(23)27/h18-19,21H,2-17,20,26-27H2,1H3. The van der Waals surface area contributed by atoms with Gasteiger partial charge in [0.2, 0.25) is 0 Å². The molecule has 1 aromatic rings. The van der Waals surface area contributed by atoms with Crippen LogP contribution in [0.4, 0.5) is 11.4 Å². The Morgan fingerprint density at radius 3 is 1.62 bits per heavy atom. The van der Waals surface area contributed by atoms with Gasteiger partial charge in [-0.2, -0.15) is 0 Å². The summed E-state index contributed by atoms with van der Waals surface area (Å²) in [5, 5.41) is 0.475. The molecule has 4 heteroatoms. The van der Waals surface area contributed by atoms with Gasteiger partial charge in [-0.3, -0.25) is 0 Å². The number of nitrogens with two attached hydrogens (primary N) is 2. The Morgan fingerprint density at radius 2 is 1.17 bits per heavy atom. The molecule has 4 N–H and O–H groups in total. The lowest BCUT2D eigenvalue weighted by Gasteiger charge is -2.10. The number of thiocarbonyl (C=S) groups is 1. The monoisotopic (exact) mass is 420 g/mol. The minimum absolute atomic E-state index is 0.475. The Labute approximate surface area is 185 Å². The van der Waals surface area contributed by atoms with E-state index in [0.29, 0.717) is 23.0 Å². The van der Waals surface area contributed by atoms with E-state index in [1.165, 1.54) is 96.3 Å². The van der Waals surface area contributed by atoms with Crippen molar-refractivity contribution in [2.45, 2.75) is 110 Å². The molecule has 1 aromatic carbocycles. The first-order chi connectivity index (χ1) is 14.1. The van der Waals surface area contributed by atoms with E-state index in [1.807, 2.05) is 6.07 Å². The van der Waals surface area contributed by atoms with Crippen molar-refractivity contribution >= 4 is 28.6 Å². The van der Waals surface area contributed by atoms with Gasteiger partial charge < -0.3 is 16.2 Å². The molecule has 0 bridgehead atoms. The quantitative estimate of drug-likeness (QED) is 0.144. The fourth-order valence-corrected chi connectivity index (χ4v) is 3.93. The number of ether oxygens (including phenoxy) is 1. The fraction of sp³-hybridized carbons (Fsp3) is 0.720. The van der Waals surface area contributed by atoms with Crippen LogP contribution in [-0.2, 0) is 4.74 Å². The Morgan fingerprint density at radius 1 is 0.724 bits per heavy atom. The summed E-state index contributed by atoms with van der Waals surface area (Å²) < 4.78 is 5.68. The molecule has 0 unspecified atom stereocenters. The van der Waals surface area contributed by atoms with Crippen molar-refractivity contribution in [2.24, 2.45) is 0 Å². The lowest BCUT2D eigenvalue weighted by Crippen LogP contribution is -2.08. The molecule has 0 saturated carbocycles. The molecule has 0 aliphatic carbocycles. The van der Waals surface area contributed by atoms with E-state index in [1.54, 1.807) is 12.1 Å². The van der Waals surface area contributed by atoms with Gasteiger partial charge in [0, 0.05) is 11.4 Å². The van der Waals surface area contributed by atoms with E-state index in [2.05, 4.69) is 6.92 Å². The van der Waals surface area contributed by atoms with Crippen molar-refractivity contribution in [1.29, 1.82) is 0 Å². The first kappa shape index (κ1) is 25.7. The smallest absolute Gasteiger partial charge is 0.193 e. The Hall–Kier alpha value is -1.29. The summed E-state index contributed by atoms with van der Waals surface area (Å²) in [6.45, 7) is 2.95. The summed E-state index contributed by atoms with van der Waals surface area (Å²) in [6, 6.07) is 5.36. The molecule has 0 amide bonds. The van der Waals surface area contributed by atoms with Gasteiger partial charge in [-0.1, -0.05) is 103 Å². The predicted octanol–water partition coefficient (Wildman–Crippen LogP) is 7.80. The highest BCUT2D eigenvalue weighted by Gasteiger charge is 2.07. The SMILES string of the molecule is CCCCCCCCCCCCCCCCCCOC(=S)c1ccc(N)cc1N. The van der Waals surface area contributed by atoms with Crippen LogP contribution in [0.25, 0.3) is 0 Å². The molecule has 0 aliphatic heterocycles. The van der Waals surface area contributed by atoms with Gasteiger partial charge in [-0.25, -0.2) is 0 Å². The van der Waals surface area contributed by atoms with Crippen LogP contribution in [-0.4, -0.2) is 11.7 Å². The number of hydrogen-bond donors (Lipinski definition) is 2. The topological polar surface area (TPSA) is 61.3 Å². The van der Waals surface area contributed by atoms with Gasteiger partial charge in [0.05, 0.1) is 12.2 Å². The second kappa shape index (κ2) is 17.6. The molecule has 0 fully saturated rings. The minimum Gasteiger partial charge on any atom is -0.483 e. The number of hydrogen-bond acceptors (Lipinski definition) is 4. The van der Waals surface area contributed by atoms with Gasteiger partial charge in [-0.15, -0.1) is 0 Å². The van der Waals surface area contributed by atoms with E-state index in [4.69, 9.17) is 28.4 Å². The zero-order chi connectivity index (χ0) is 21.2. The normalized spacial score (nSPS) is 10.9. The largest absolute Gasteiger partial charge is 0.483 e. The average Bonchev–Trinajstić information content (AvgIpc) is 2.70. The molecule has 0 radical (unpaired) electrons. The zero-order valence-corrected chi connectivity index (χ0v) is 19.5. The minimum atomic E-state index is 0.475. The van der Waals surface area contributed by atoms with Crippen molar-refractivity contribution in [1.82, 2.24) is 0 Å². The highest BCUT2D eigenvalue weighted by Crippen LogP contribution is 2.18. The van der Waals surface area contributed by atoms with E-state index >= 15 is 0 Å².